The van der Waals surface area contributed by atoms with Crippen molar-refractivity contribution in [2.75, 3.05) is 5.32 Å². The molecule has 0 amide bonds. The van der Waals surface area contributed by atoms with Crippen LogP contribution in [-0.4, -0.2) is 15.0 Å². The third-order valence-corrected chi connectivity index (χ3v) is 3.23. The molecule has 2 heterocycles. The van der Waals surface area contributed by atoms with Gasteiger partial charge in [-0.3, -0.25) is 9.97 Å². The van der Waals surface area contributed by atoms with Gasteiger partial charge in [0.05, 0.1) is 18.1 Å². The van der Waals surface area contributed by atoms with Gasteiger partial charge in [0.25, 0.3) is 0 Å². The van der Waals surface area contributed by atoms with Crippen LogP contribution in [0.15, 0.2) is 61.2 Å². The van der Waals surface area contributed by atoms with E-state index in [4.69, 9.17) is 11.6 Å². The Labute approximate surface area is 127 Å². The van der Waals surface area contributed by atoms with Gasteiger partial charge in [0, 0.05) is 29.5 Å². The Bertz CT molecular complexity index is 714. The maximum Gasteiger partial charge on any atom is 0.144 e. The maximum atomic E-state index is 5.95. The number of benzene rings is 1. The van der Waals surface area contributed by atoms with Crippen LogP contribution in [0.4, 0.5) is 5.82 Å². The molecule has 0 aliphatic heterocycles. The van der Waals surface area contributed by atoms with Crippen LogP contribution in [0.25, 0.3) is 11.3 Å². The van der Waals surface area contributed by atoms with Crippen LogP contribution < -0.4 is 5.32 Å². The molecule has 1 N–H and O–H groups in total. The number of nitrogens with one attached hydrogen (secondary N) is 1. The van der Waals surface area contributed by atoms with Crippen LogP contribution >= 0.6 is 11.6 Å². The minimum Gasteiger partial charge on any atom is -0.365 e. The first kappa shape index (κ1) is 13.5. The molecule has 3 rings (SSSR count). The average molecular weight is 297 g/mol. The standard InChI is InChI=1S/C16H13ClN4/c17-14-3-1-2-12(8-14)9-20-16-11-19-15(10-21-16)13-4-6-18-7-5-13/h1-8,10-11H,9H2,(H,20,21). The summed E-state index contributed by atoms with van der Waals surface area (Å²) in [5.74, 6) is 0.729. The van der Waals surface area contributed by atoms with Crippen molar-refractivity contribution in [2.45, 2.75) is 6.54 Å². The fourth-order valence-corrected chi connectivity index (χ4v) is 2.14. The lowest BCUT2D eigenvalue weighted by Gasteiger charge is -2.06. The minimum atomic E-state index is 0.657. The summed E-state index contributed by atoms with van der Waals surface area (Å²) in [5.41, 5.74) is 2.92. The number of rotatable bonds is 4. The molecule has 0 atom stereocenters. The minimum absolute atomic E-state index is 0.657. The average Bonchev–Trinajstić information content (AvgIpc) is 2.54. The van der Waals surface area contributed by atoms with Crippen LogP contribution in [0.5, 0.6) is 0 Å². The molecule has 0 bridgehead atoms. The van der Waals surface area contributed by atoms with E-state index in [0.29, 0.717) is 6.54 Å². The summed E-state index contributed by atoms with van der Waals surface area (Å²) in [4.78, 5) is 12.8. The normalized spacial score (nSPS) is 10.3. The van der Waals surface area contributed by atoms with Gasteiger partial charge in [0.2, 0.25) is 0 Å². The van der Waals surface area contributed by atoms with E-state index in [1.807, 2.05) is 36.4 Å². The summed E-state index contributed by atoms with van der Waals surface area (Å²) in [5, 5.41) is 3.95. The predicted octanol–water partition coefficient (Wildman–Crippen LogP) is 3.80. The van der Waals surface area contributed by atoms with E-state index in [1.54, 1.807) is 24.8 Å². The van der Waals surface area contributed by atoms with Crippen molar-refractivity contribution in [1.29, 1.82) is 0 Å². The van der Waals surface area contributed by atoms with E-state index in [2.05, 4.69) is 20.3 Å². The molecular formula is C16H13ClN4. The highest BCUT2D eigenvalue weighted by Crippen LogP contribution is 2.16. The summed E-state index contributed by atoms with van der Waals surface area (Å²) in [6.45, 7) is 0.657. The number of aromatic nitrogens is 3. The van der Waals surface area contributed by atoms with Crippen LogP contribution in [0.3, 0.4) is 0 Å². The summed E-state index contributed by atoms with van der Waals surface area (Å²) in [6.07, 6.45) is 6.95. The van der Waals surface area contributed by atoms with Gasteiger partial charge < -0.3 is 5.32 Å². The highest BCUT2D eigenvalue weighted by atomic mass is 35.5. The third kappa shape index (κ3) is 3.55. The third-order valence-electron chi connectivity index (χ3n) is 2.99. The number of halogens is 1. The smallest absolute Gasteiger partial charge is 0.144 e. The molecule has 0 aliphatic carbocycles. The zero-order chi connectivity index (χ0) is 14.5. The van der Waals surface area contributed by atoms with Crippen molar-refractivity contribution in [2.24, 2.45) is 0 Å². The van der Waals surface area contributed by atoms with E-state index in [1.165, 1.54) is 0 Å². The Hall–Kier alpha value is -2.46. The van der Waals surface area contributed by atoms with Gasteiger partial charge in [-0.1, -0.05) is 23.7 Å². The van der Waals surface area contributed by atoms with E-state index < -0.39 is 0 Å². The molecule has 0 spiro atoms. The van der Waals surface area contributed by atoms with Gasteiger partial charge in [-0.2, -0.15) is 0 Å². The lowest BCUT2D eigenvalue weighted by Crippen LogP contribution is -2.02. The molecule has 1 aromatic carbocycles. The Morgan fingerprint density at radius 3 is 2.57 bits per heavy atom. The van der Waals surface area contributed by atoms with Crippen molar-refractivity contribution < 1.29 is 0 Å². The largest absolute Gasteiger partial charge is 0.365 e. The van der Waals surface area contributed by atoms with Gasteiger partial charge in [0.15, 0.2) is 0 Å². The van der Waals surface area contributed by atoms with Crippen LogP contribution in [0.2, 0.25) is 5.02 Å². The zero-order valence-electron chi connectivity index (χ0n) is 11.2. The molecule has 3 aromatic rings. The van der Waals surface area contributed by atoms with Gasteiger partial charge in [-0.25, -0.2) is 4.98 Å². The molecular weight excluding hydrogens is 284 g/mol. The number of nitrogens with zero attached hydrogens (tertiary/aromatic N) is 3. The topological polar surface area (TPSA) is 50.7 Å². The molecule has 4 nitrogen and oxygen atoms in total. The van der Waals surface area contributed by atoms with Gasteiger partial charge in [-0.15, -0.1) is 0 Å². The number of hydrogen-bond acceptors (Lipinski definition) is 4. The molecule has 2 aromatic heterocycles. The second-order valence-corrected chi connectivity index (χ2v) is 4.94. The Kier molecular flexibility index (Phi) is 4.07. The first-order valence-corrected chi connectivity index (χ1v) is 6.90. The molecule has 0 saturated heterocycles. The Balaban J connectivity index is 1.68. The summed E-state index contributed by atoms with van der Waals surface area (Å²) in [6, 6.07) is 11.5. The van der Waals surface area contributed by atoms with Gasteiger partial charge in [0.1, 0.15) is 5.82 Å². The first-order chi connectivity index (χ1) is 10.3. The highest BCUT2D eigenvalue weighted by Gasteiger charge is 2.01. The van der Waals surface area contributed by atoms with Crippen LogP contribution in [-0.2, 0) is 6.54 Å². The summed E-state index contributed by atoms with van der Waals surface area (Å²) < 4.78 is 0. The zero-order valence-corrected chi connectivity index (χ0v) is 12.0. The van der Waals surface area contributed by atoms with Crippen molar-refractivity contribution in [3.05, 3.63) is 71.8 Å². The predicted molar refractivity (Wildman–Crippen MR) is 84.0 cm³/mol. The van der Waals surface area contributed by atoms with E-state index in [-0.39, 0.29) is 0 Å². The second-order valence-electron chi connectivity index (χ2n) is 4.51. The molecule has 0 fully saturated rings. The maximum absolute atomic E-state index is 5.95. The lowest BCUT2D eigenvalue weighted by atomic mass is 10.2. The summed E-state index contributed by atoms with van der Waals surface area (Å²) >= 11 is 5.95. The van der Waals surface area contributed by atoms with E-state index in [9.17, 15) is 0 Å². The molecule has 0 unspecified atom stereocenters. The molecule has 0 aliphatic rings. The first-order valence-electron chi connectivity index (χ1n) is 6.52. The second kappa shape index (κ2) is 6.33. The lowest BCUT2D eigenvalue weighted by molar-refractivity contribution is 1.09. The molecule has 5 heteroatoms. The van der Waals surface area contributed by atoms with E-state index >= 15 is 0 Å². The van der Waals surface area contributed by atoms with Gasteiger partial charge >= 0.3 is 0 Å². The summed E-state index contributed by atoms with van der Waals surface area (Å²) in [7, 11) is 0. The fraction of sp³-hybridized carbons (Fsp3) is 0.0625. The van der Waals surface area contributed by atoms with Gasteiger partial charge in [-0.05, 0) is 29.8 Å². The van der Waals surface area contributed by atoms with E-state index in [0.717, 1.165) is 27.7 Å². The monoisotopic (exact) mass is 296 g/mol. The highest BCUT2D eigenvalue weighted by molar-refractivity contribution is 6.30. The Morgan fingerprint density at radius 2 is 1.86 bits per heavy atom. The molecule has 0 saturated carbocycles. The molecule has 0 radical (unpaired) electrons. The van der Waals surface area contributed by atoms with Crippen LogP contribution in [0, 0.1) is 0 Å². The van der Waals surface area contributed by atoms with Crippen molar-refractivity contribution in [3.8, 4) is 11.3 Å². The molecule has 104 valence electrons. The van der Waals surface area contributed by atoms with Crippen molar-refractivity contribution >= 4 is 17.4 Å². The van der Waals surface area contributed by atoms with Crippen molar-refractivity contribution in [3.63, 3.8) is 0 Å². The Morgan fingerprint density at radius 1 is 1.00 bits per heavy atom. The quantitative estimate of drug-likeness (QED) is 0.795. The number of pyridine rings is 1. The van der Waals surface area contributed by atoms with Crippen molar-refractivity contribution in [1.82, 2.24) is 15.0 Å². The van der Waals surface area contributed by atoms with Crippen LogP contribution in [0.1, 0.15) is 5.56 Å². The SMILES string of the molecule is Clc1cccc(CNc2cnc(-c3ccncc3)cn2)c1. The number of anilines is 1. The molecule has 21 heavy (non-hydrogen) atoms. The number of hydrogen-bond donors (Lipinski definition) is 1. The fourth-order valence-electron chi connectivity index (χ4n) is 1.93.